The molecule has 1 aromatic rings. The highest BCUT2D eigenvalue weighted by atomic mass is 19.1. The van der Waals surface area contributed by atoms with Crippen molar-refractivity contribution in [3.63, 3.8) is 0 Å². The second-order valence-corrected chi connectivity index (χ2v) is 5.76. The molecule has 5 nitrogen and oxygen atoms in total. The van der Waals surface area contributed by atoms with Gasteiger partial charge in [-0.2, -0.15) is 0 Å². The van der Waals surface area contributed by atoms with Gasteiger partial charge in [-0.25, -0.2) is 4.39 Å². The number of halogens is 1. The zero-order valence-electron chi connectivity index (χ0n) is 12.2. The zero-order chi connectivity index (χ0) is 15.6. The predicted molar refractivity (Wildman–Crippen MR) is 79.4 cm³/mol. The first-order valence-electron chi connectivity index (χ1n) is 7.05. The Bertz CT molecular complexity index is 572. The normalized spacial score (nSPS) is 15.4. The highest BCUT2D eigenvalue weighted by molar-refractivity contribution is 5.98. The summed E-state index contributed by atoms with van der Waals surface area (Å²) in [6.07, 6.45) is 1.37. The van der Waals surface area contributed by atoms with Gasteiger partial charge < -0.3 is 16.4 Å². The number of hydrogen-bond donors (Lipinski definition) is 3. The number of fused-ring (bicyclic) bond motifs is 1. The molecule has 6 heteroatoms. The Morgan fingerprint density at radius 3 is 2.81 bits per heavy atom. The predicted octanol–water partition coefficient (Wildman–Crippen LogP) is 2.02. The van der Waals surface area contributed by atoms with Crippen molar-refractivity contribution < 1.29 is 14.0 Å². The van der Waals surface area contributed by atoms with Gasteiger partial charge in [-0.15, -0.1) is 0 Å². The van der Waals surface area contributed by atoms with Crippen LogP contribution in [0.1, 0.15) is 32.3 Å². The van der Waals surface area contributed by atoms with E-state index in [9.17, 15) is 14.0 Å². The van der Waals surface area contributed by atoms with Crippen LogP contribution in [0.25, 0.3) is 0 Å². The third kappa shape index (κ3) is 3.78. The van der Waals surface area contributed by atoms with Gasteiger partial charge in [0.25, 0.3) is 0 Å². The average Bonchev–Trinajstić information content (AvgIpc) is 2.39. The summed E-state index contributed by atoms with van der Waals surface area (Å²) in [6, 6.07) is 2.11. The minimum absolute atomic E-state index is 0.0418. The molecule has 0 saturated carbocycles. The average molecular weight is 293 g/mol. The molecule has 2 amide bonds. The minimum atomic E-state index is -0.685. The van der Waals surface area contributed by atoms with Crippen molar-refractivity contribution >= 4 is 23.2 Å². The number of rotatable bonds is 4. The number of nitrogens with two attached hydrogens (primary N) is 1. The van der Waals surface area contributed by atoms with Crippen LogP contribution in [-0.2, 0) is 16.0 Å². The highest BCUT2D eigenvalue weighted by Gasteiger charge is 2.20. The standard InChI is InChI=1S/C15H20FN3O2/c1-8(2)5-11(17)15(21)19-13-7-12-9(6-10(13)16)3-4-14(20)18-12/h6-8,11H,3-5,17H2,1-2H3,(H,18,20)(H,19,21)/t11-/m0/s1. The van der Waals surface area contributed by atoms with Gasteiger partial charge in [0.1, 0.15) is 5.82 Å². The quantitative estimate of drug-likeness (QED) is 0.794. The van der Waals surface area contributed by atoms with Crippen molar-refractivity contribution in [1.82, 2.24) is 0 Å². The molecule has 114 valence electrons. The summed E-state index contributed by atoms with van der Waals surface area (Å²) in [6.45, 7) is 3.92. The summed E-state index contributed by atoms with van der Waals surface area (Å²) in [5, 5.41) is 5.16. The molecule has 0 spiro atoms. The maximum absolute atomic E-state index is 14.0. The van der Waals surface area contributed by atoms with Crippen LogP contribution in [0.2, 0.25) is 0 Å². The SMILES string of the molecule is CC(C)C[C@H](N)C(=O)Nc1cc2c(cc1F)CCC(=O)N2. The maximum atomic E-state index is 14.0. The van der Waals surface area contributed by atoms with Crippen molar-refractivity contribution in [2.45, 2.75) is 39.2 Å². The summed E-state index contributed by atoms with van der Waals surface area (Å²) >= 11 is 0. The molecule has 4 N–H and O–H groups in total. The Morgan fingerprint density at radius 1 is 1.43 bits per heavy atom. The van der Waals surface area contributed by atoms with Crippen LogP contribution in [0.15, 0.2) is 12.1 Å². The van der Waals surface area contributed by atoms with Crippen LogP contribution in [0.5, 0.6) is 0 Å². The third-order valence-corrected chi connectivity index (χ3v) is 3.41. The fourth-order valence-corrected chi connectivity index (χ4v) is 2.33. The van der Waals surface area contributed by atoms with E-state index in [1.807, 2.05) is 13.8 Å². The molecule has 1 aliphatic heterocycles. The lowest BCUT2D eigenvalue weighted by atomic mass is 10.0. The number of benzene rings is 1. The highest BCUT2D eigenvalue weighted by Crippen LogP contribution is 2.28. The number of hydrogen-bond acceptors (Lipinski definition) is 3. The van der Waals surface area contributed by atoms with Crippen LogP contribution >= 0.6 is 0 Å². The molecule has 21 heavy (non-hydrogen) atoms. The number of aryl methyl sites for hydroxylation is 1. The molecule has 0 bridgehead atoms. The van der Waals surface area contributed by atoms with E-state index in [0.29, 0.717) is 24.9 Å². The Kier molecular flexibility index (Phi) is 4.57. The second kappa shape index (κ2) is 6.22. The summed E-state index contributed by atoms with van der Waals surface area (Å²) < 4.78 is 14.0. The van der Waals surface area contributed by atoms with E-state index in [0.717, 1.165) is 5.56 Å². The zero-order valence-corrected chi connectivity index (χ0v) is 12.2. The molecule has 1 aromatic carbocycles. The summed E-state index contributed by atoms with van der Waals surface area (Å²) in [5.74, 6) is -0.777. The lowest BCUT2D eigenvalue weighted by molar-refractivity contribution is -0.118. The molecule has 0 saturated heterocycles. The number of carbonyl (C=O) groups is 2. The number of carbonyl (C=O) groups excluding carboxylic acids is 2. The van der Waals surface area contributed by atoms with Crippen molar-refractivity contribution in [3.8, 4) is 0 Å². The summed E-state index contributed by atoms with van der Waals surface area (Å²) in [5.41, 5.74) is 7.09. The Labute approximate surface area is 123 Å². The van der Waals surface area contributed by atoms with Crippen molar-refractivity contribution in [2.24, 2.45) is 11.7 Å². The van der Waals surface area contributed by atoms with Gasteiger partial charge in [-0.1, -0.05) is 13.8 Å². The molecule has 2 rings (SSSR count). The minimum Gasteiger partial charge on any atom is -0.326 e. The monoisotopic (exact) mass is 293 g/mol. The van der Waals surface area contributed by atoms with Gasteiger partial charge >= 0.3 is 0 Å². The molecule has 0 aromatic heterocycles. The van der Waals surface area contributed by atoms with E-state index >= 15 is 0 Å². The van der Waals surface area contributed by atoms with E-state index in [2.05, 4.69) is 10.6 Å². The molecule has 0 fully saturated rings. The van der Waals surface area contributed by atoms with Crippen LogP contribution in [0, 0.1) is 11.7 Å². The van der Waals surface area contributed by atoms with E-state index in [1.54, 1.807) is 0 Å². The van der Waals surface area contributed by atoms with E-state index in [1.165, 1.54) is 12.1 Å². The number of anilines is 2. The molecule has 0 radical (unpaired) electrons. The van der Waals surface area contributed by atoms with Gasteiger partial charge in [0.2, 0.25) is 11.8 Å². The van der Waals surface area contributed by atoms with Crippen LogP contribution in [0.3, 0.4) is 0 Å². The Hall–Kier alpha value is -1.95. The second-order valence-electron chi connectivity index (χ2n) is 5.76. The first kappa shape index (κ1) is 15.4. The summed E-state index contributed by atoms with van der Waals surface area (Å²) in [4.78, 5) is 23.3. The maximum Gasteiger partial charge on any atom is 0.241 e. The smallest absolute Gasteiger partial charge is 0.241 e. The lowest BCUT2D eigenvalue weighted by Gasteiger charge is -2.19. The first-order valence-corrected chi connectivity index (χ1v) is 7.05. The third-order valence-electron chi connectivity index (χ3n) is 3.41. The topological polar surface area (TPSA) is 84.2 Å². The van der Waals surface area contributed by atoms with Gasteiger partial charge in [0.15, 0.2) is 0 Å². The van der Waals surface area contributed by atoms with E-state index < -0.39 is 17.8 Å². The lowest BCUT2D eigenvalue weighted by Crippen LogP contribution is -2.37. The molecule has 0 unspecified atom stereocenters. The largest absolute Gasteiger partial charge is 0.326 e. The van der Waals surface area contributed by atoms with Crippen molar-refractivity contribution in [3.05, 3.63) is 23.5 Å². The van der Waals surface area contributed by atoms with Crippen molar-refractivity contribution in [2.75, 3.05) is 10.6 Å². The number of amides is 2. The van der Waals surface area contributed by atoms with Crippen LogP contribution < -0.4 is 16.4 Å². The van der Waals surface area contributed by atoms with Crippen LogP contribution in [0.4, 0.5) is 15.8 Å². The molecule has 0 aliphatic carbocycles. The molecular weight excluding hydrogens is 273 g/mol. The summed E-state index contributed by atoms with van der Waals surface area (Å²) in [7, 11) is 0. The van der Waals surface area contributed by atoms with Crippen molar-refractivity contribution in [1.29, 1.82) is 0 Å². The molecular formula is C15H20FN3O2. The number of nitrogens with one attached hydrogen (secondary N) is 2. The first-order chi connectivity index (χ1) is 9.86. The van der Waals surface area contributed by atoms with Gasteiger partial charge in [0.05, 0.1) is 11.7 Å². The van der Waals surface area contributed by atoms with Gasteiger partial charge in [0, 0.05) is 12.1 Å². The fourth-order valence-electron chi connectivity index (χ4n) is 2.33. The van der Waals surface area contributed by atoms with Crippen LogP contribution in [-0.4, -0.2) is 17.9 Å². The molecule has 1 aliphatic rings. The molecule has 1 atom stereocenters. The fraction of sp³-hybridized carbons (Fsp3) is 0.467. The van der Waals surface area contributed by atoms with E-state index in [-0.39, 0.29) is 17.5 Å². The van der Waals surface area contributed by atoms with Gasteiger partial charge in [-0.3, -0.25) is 9.59 Å². The van der Waals surface area contributed by atoms with Gasteiger partial charge in [-0.05, 0) is 36.5 Å². The Morgan fingerprint density at radius 2 is 2.14 bits per heavy atom. The van der Waals surface area contributed by atoms with E-state index in [4.69, 9.17) is 5.73 Å². The Balaban J connectivity index is 2.15. The molecule has 1 heterocycles.